The summed E-state index contributed by atoms with van der Waals surface area (Å²) in [4.78, 5) is 14.9. The Kier molecular flexibility index (Phi) is 7.31. The predicted octanol–water partition coefficient (Wildman–Crippen LogP) is 1.16. The summed E-state index contributed by atoms with van der Waals surface area (Å²) in [5, 5.41) is 9.38. The fourth-order valence-corrected chi connectivity index (χ4v) is 7.35. The smallest absolute Gasteiger partial charge is 0.263 e. The number of amides is 1. The van der Waals surface area contributed by atoms with Gasteiger partial charge in [0.05, 0.1) is 4.90 Å². The Labute approximate surface area is 182 Å². The lowest BCUT2D eigenvalue weighted by Gasteiger charge is -2.50. The first kappa shape index (κ1) is 22.9. The van der Waals surface area contributed by atoms with E-state index in [2.05, 4.69) is 16.7 Å². The molecule has 10 heteroatoms. The second-order valence-electron chi connectivity index (χ2n) is 7.40. The molecule has 8 nitrogen and oxygen atoms in total. The van der Waals surface area contributed by atoms with Gasteiger partial charge in [0.1, 0.15) is 18.4 Å². The second-order valence-corrected chi connectivity index (χ2v) is 10.8. The third-order valence-electron chi connectivity index (χ3n) is 5.60. The summed E-state index contributed by atoms with van der Waals surface area (Å²) in [5.74, 6) is 5.93. The number of benzene rings is 1. The molecule has 3 rings (SSSR count). The number of piperidine rings is 1. The Balaban J connectivity index is 1.90. The number of hydrogen-bond donors (Lipinski definition) is 2. The monoisotopic (exact) mass is 453 g/mol. The van der Waals surface area contributed by atoms with Gasteiger partial charge in [-0.2, -0.15) is 16.1 Å². The van der Waals surface area contributed by atoms with Crippen molar-refractivity contribution < 1.29 is 23.2 Å². The van der Waals surface area contributed by atoms with Crippen molar-refractivity contribution in [1.29, 1.82) is 0 Å². The highest BCUT2D eigenvalue weighted by Crippen LogP contribution is 2.45. The van der Waals surface area contributed by atoms with Gasteiger partial charge in [0.2, 0.25) is 10.0 Å². The van der Waals surface area contributed by atoms with Crippen LogP contribution in [0.2, 0.25) is 0 Å². The molecule has 30 heavy (non-hydrogen) atoms. The number of hydroxylamine groups is 1. The predicted molar refractivity (Wildman–Crippen MR) is 115 cm³/mol. The number of sulfonamides is 1. The first-order valence-electron chi connectivity index (χ1n) is 9.75. The van der Waals surface area contributed by atoms with Crippen molar-refractivity contribution in [3.8, 4) is 17.6 Å². The Hall–Kier alpha value is -1.77. The zero-order valence-corrected chi connectivity index (χ0v) is 18.8. The molecular formula is C20H27N3O5S2. The van der Waals surface area contributed by atoms with Gasteiger partial charge in [0.15, 0.2) is 0 Å². The molecule has 1 spiro atoms. The molecule has 0 aromatic heterocycles. The Morgan fingerprint density at radius 1 is 1.30 bits per heavy atom. The van der Waals surface area contributed by atoms with E-state index < -0.39 is 26.7 Å². The third kappa shape index (κ3) is 4.60. The van der Waals surface area contributed by atoms with Crippen LogP contribution in [-0.4, -0.2) is 78.6 Å². The van der Waals surface area contributed by atoms with E-state index in [-0.39, 0.29) is 18.0 Å². The van der Waals surface area contributed by atoms with E-state index in [4.69, 9.17) is 4.74 Å². The van der Waals surface area contributed by atoms with E-state index in [9.17, 15) is 18.4 Å². The Bertz CT molecular complexity index is 916. The maximum atomic E-state index is 13.5. The molecular weight excluding hydrogens is 426 g/mol. The van der Waals surface area contributed by atoms with E-state index in [0.29, 0.717) is 24.3 Å². The Morgan fingerprint density at radius 2 is 1.97 bits per heavy atom. The van der Waals surface area contributed by atoms with Gasteiger partial charge in [-0.05, 0) is 64.2 Å². The number of nitrogens with zero attached hydrogens (tertiary/aromatic N) is 2. The van der Waals surface area contributed by atoms with Crippen molar-refractivity contribution in [3.05, 3.63) is 24.3 Å². The van der Waals surface area contributed by atoms with Crippen LogP contribution in [0.4, 0.5) is 0 Å². The van der Waals surface area contributed by atoms with Gasteiger partial charge in [-0.3, -0.25) is 10.0 Å². The number of ether oxygens (including phenoxy) is 1. The first-order valence-corrected chi connectivity index (χ1v) is 12.2. The molecule has 0 saturated carbocycles. The maximum absolute atomic E-state index is 13.5. The molecule has 1 atom stereocenters. The van der Waals surface area contributed by atoms with Crippen LogP contribution in [0.15, 0.2) is 29.2 Å². The molecule has 1 aromatic rings. The van der Waals surface area contributed by atoms with Crippen LogP contribution in [0, 0.1) is 11.8 Å². The van der Waals surface area contributed by atoms with E-state index in [1.165, 1.54) is 16.4 Å². The number of carbonyl (C=O) groups excluding carboxylic acids is 1. The van der Waals surface area contributed by atoms with Crippen LogP contribution >= 0.6 is 11.8 Å². The SMILES string of the molecule is CC#CCOc1ccc(S(=O)(=O)N2CCSC3(CCN(C)CC3)C2C(=O)NO)cc1. The summed E-state index contributed by atoms with van der Waals surface area (Å²) < 4.78 is 33.1. The minimum Gasteiger partial charge on any atom is -0.481 e. The van der Waals surface area contributed by atoms with Gasteiger partial charge in [-0.25, -0.2) is 13.9 Å². The van der Waals surface area contributed by atoms with Crippen LogP contribution in [0.25, 0.3) is 0 Å². The van der Waals surface area contributed by atoms with Crippen LogP contribution in [-0.2, 0) is 14.8 Å². The minimum atomic E-state index is -3.95. The van der Waals surface area contributed by atoms with E-state index >= 15 is 0 Å². The number of carbonyl (C=O) groups is 1. The number of rotatable bonds is 5. The van der Waals surface area contributed by atoms with Gasteiger partial charge in [-0.1, -0.05) is 5.92 Å². The summed E-state index contributed by atoms with van der Waals surface area (Å²) in [6.07, 6.45) is 1.34. The second kappa shape index (κ2) is 9.58. The van der Waals surface area contributed by atoms with Gasteiger partial charge >= 0.3 is 0 Å². The molecule has 2 saturated heterocycles. The first-order chi connectivity index (χ1) is 14.3. The quantitative estimate of drug-likeness (QED) is 0.392. The Morgan fingerprint density at radius 3 is 2.57 bits per heavy atom. The molecule has 1 unspecified atom stereocenters. The standard InChI is InChI=1S/C20H27N3O5S2/c1-3-4-14-28-16-5-7-17(8-6-16)30(26,27)23-13-15-29-20(18(23)19(24)21-25)9-11-22(2)12-10-20/h5-8,18,25H,9-15H2,1-2H3,(H,21,24). The van der Waals surface area contributed by atoms with E-state index in [1.807, 2.05) is 7.05 Å². The maximum Gasteiger partial charge on any atom is 0.263 e. The summed E-state index contributed by atoms with van der Waals surface area (Å²) in [6.45, 7) is 3.67. The van der Waals surface area contributed by atoms with Crippen molar-refractivity contribution in [2.24, 2.45) is 0 Å². The molecule has 1 amide bonds. The highest BCUT2D eigenvalue weighted by atomic mass is 32.2. The molecule has 1 aromatic carbocycles. The zero-order chi connectivity index (χ0) is 21.8. The average Bonchev–Trinajstić information content (AvgIpc) is 2.76. The molecule has 164 valence electrons. The highest BCUT2D eigenvalue weighted by Gasteiger charge is 2.53. The number of thioether (sulfide) groups is 1. The fraction of sp³-hybridized carbons (Fsp3) is 0.550. The van der Waals surface area contributed by atoms with Crippen molar-refractivity contribution >= 4 is 27.7 Å². The van der Waals surface area contributed by atoms with Gasteiger partial charge in [-0.15, -0.1) is 5.92 Å². The van der Waals surface area contributed by atoms with E-state index in [1.54, 1.807) is 36.3 Å². The lowest BCUT2D eigenvalue weighted by Crippen LogP contribution is -2.65. The molecule has 2 aliphatic rings. The van der Waals surface area contributed by atoms with Crippen molar-refractivity contribution in [2.45, 2.75) is 35.4 Å². The van der Waals surface area contributed by atoms with Crippen LogP contribution < -0.4 is 10.2 Å². The average molecular weight is 454 g/mol. The molecule has 2 aliphatic heterocycles. The number of hydrogen-bond acceptors (Lipinski definition) is 7. The van der Waals surface area contributed by atoms with Crippen LogP contribution in [0.3, 0.4) is 0 Å². The minimum absolute atomic E-state index is 0.0853. The highest BCUT2D eigenvalue weighted by molar-refractivity contribution is 8.01. The van der Waals surface area contributed by atoms with Crippen molar-refractivity contribution in [1.82, 2.24) is 14.7 Å². The third-order valence-corrected chi connectivity index (χ3v) is 9.07. The van der Waals surface area contributed by atoms with Crippen LogP contribution in [0.1, 0.15) is 19.8 Å². The summed E-state index contributed by atoms with van der Waals surface area (Å²) in [6, 6.07) is 5.13. The largest absolute Gasteiger partial charge is 0.481 e. The van der Waals surface area contributed by atoms with Crippen molar-refractivity contribution in [3.63, 3.8) is 0 Å². The van der Waals surface area contributed by atoms with Gasteiger partial charge < -0.3 is 9.64 Å². The zero-order valence-electron chi connectivity index (χ0n) is 17.1. The fourth-order valence-electron chi connectivity index (χ4n) is 3.95. The summed E-state index contributed by atoms with van der Waals surface area (Å²) in [7, 11) is -1.94. The van der Waals surface area contributed by atoms with Gasteiger partial charge in [0.25, 0.3) is 5.91 Å². The summed E-state index contributed by atoms with van der Waals surface area (Å²) >= 11 is 1.63. The normalized spacial score (nSPS) is 22.2. The molecule has 0 radical (unpaired) electrons. The molecule has 0 aliphatic carbocycles. The number of likely N-dealkylation sites (tertiary alicyclic amines) is 1. The summed E-state index contributed by atoms with van der Waals surface area (Å²) in [5.41, 5.74) is 1.70. The number of nitrogens with one attached hydrogen (secondary N) is 1. The van der Waals surface area contributed by atoms with E-state index in [0.717, 1.165) is 13.1 Å². The topological polar surface area (TPSA) is 99.2 Å². The van der Waals surface area contributed by atoms with Crippen LogP contribution in [0.5, 0.6) is 5.75 Å². The van der Waals surface area contributed by atoms with Gasteiger partial charge in [0, 0.05) is 17.0 Å². The lowest BCUT2D eigenvalue weighted by molar-refractivity contribution is -0.135. The lowest BCUT2D eigenvalue weighted by atomic mass is 9.87. The molecule has 2 fully saturated rings. The molecule has 0 bridgehead atoms. The molecule has 2 N–H and O–H groups in total. The molecule has 2 heterocycles. The van der Waals surface area contributed by atoms with Crippen molar-refractivity contribution in [2.75, 3.05) is 39.0 Å².